The molecule has 2 unspecified atom stereocenters. The third kappa shape index (κ3) is 3.18. The second kappa shape index (κ2) is 5.33. The van der Waals surface area contributed by atoms with E-state index in [2.05, 4.69) is 22.2 Å². The van der Waals surface area contributed by atoms with Crippen LogP contribution >= 0.6 is 0 Å². The number of carboxylic acids is 1. The molecular weight excluding hydrogens is 230 g/mol. The molecule has 5 heteroatoms. The van der Waals surface area contributed by atoms with Crippen molar-refractivity contribution in [1.29, 1.82) is 0 Å². The van der Waals surface area contributed by atoms with Gasteiger partial charge in [-0.1, -0.05) is 19.8 Å². The lowest BCUT2D eigenvalue weighted by atomic mass is 9.87. The molecule has 98 valence electrons. The van der Waals surface area contributed by atoms with E-state index in [-0.39, 0.29) is 5.69 Å². The average molecular weight is 249 g/mol. The van der Waals surface area contributed by atoms with Gasteiger partial charge in [0.05, 0.1) is 0 Å². The fourth-order valence-electron chi connectivity index (χ4n) is 2.49. The van der Waals surface area contributed by atoms with E-state index < -0.39 is 5.97 Å². The van der Waals surface area contributed by atoms with Crippen molar-refractivity contribution in [3.8, 4) is 0 Å². The Kier molecular flexibility index (Phi) is 3.79. The first-order valence-electron chi connectivity index (χ1n) is 6.40. The fourth-order valence-corrected chi connectivity index (χ4v) is 2.49. The van der Waals surface area contributed by atoms with Crippen LogP contribution in [0.15, 0.2) is 6.07 Å². The molecule has 2 N–H and O–H groups in total. The number of nitrogens with one attached hydrogen (secondary N) is 1. The van der Waals surface area contributed by atoms with E-state index in [9.17, 15) is 4.79 Å². The molecule has 0 spiro atoms. The number of aryl methyl sites for hydroxylation is 1. The standard InChI is InChI=1S/C13H19N3O2/c1-8-4-3-5-10(6-8)15-13-14-9(2)7-11(16-13)12(17)18/h7-8,10H,3-6H2,1-2H3,(H,17,18)(H,14,15,16). The summed E-state index contributed by atoms with van der Waals surface area (Å²) < 4.78 is 0. The highest BCUT2D eigenvalue weighted by Crippen LogP contribution is 2.25. The van der Waals surface area contributed by atoms with Crippen LogP contribution in [0.2, 0.25) is 0 Å². The summed E-state index contributed by atoms with van der Waals surface area (Å²) in [6.45, 7) is 4.02. The van der Waals surface area contributed by atoms with Gasteiger partial charge >= 0.3 is 5.97 Å². The molecule has 1 saturated carbocycles. The molecule has 1 aromatic heterocycles. The van der Waals surface area contributed by atoms with Crippen molar-refractivity contribution in [3.05, 3.63) is 17.5 Å². The van der Waals surface area contributed by atoms with E-state index >= 15 is 0 Å². The maximum absolute atomic E-state index is 10.9. The van der Waals surface area contributed by atoms with E-state index in [1.54, 1.807) is 6.92 Å². The first-order valence-corrected chi connectivity index (χ1v) is 6.40. The maximum atomic E-state index is 10.9. The van der Waals surface area contributed by atoms with Crippen molar-refractivity contribution in [1.82, 2.24) is 9.97 Å². The Labute approximate surface area is 107 Å². The lowest BCUT2D eigenvalue weighted by Gasteiger charge is -2.27. The summed E-state index contributed by atoms with van der Waals surface area (Å²) in [5, 5.41) is 12.2. The Morgan fingerprint density at radius 1 is 1.44 bits per heavy atom. The van der Waals surface area contributed by atoms with Gasteiger partial charge in [-0.2, -0.15) is 0 Å². The quantitative estimate of drug-likeness (QED) is 0.860. The molecular formula is C13H19N3O2. The number of nitrogens with zero attached hydrogens (tertiary/aromatic N) is 2. The van der Waals surface area contributed by atoms with Crippen molar-refractivity contribution in [2.75, 3.05) is 5.32 Å². The summed E-state index contributed by atoms with van der Waals surface area (Å²) in [6, 6.07) is 1.84. The predicted octanol–water partition coefficient (Wildman–Crippen LogP) is 2.47. The molecule has 2 atom stereocenters. The monoisotopic (exact) mass is 249 g/mol. The van der Waals surface area contributed by atoms with Crippen LogP contribution in [0.4, 0.5) is 5.95 Å². The number of hydrogen-bond acceptors (Lipinski definition) is 4. The largest absolute Gasteiger partial charge is 0.477 e. The summed E-state index contributed by atoms with van der Waals surface area (Å²) in [7, 11) is 0. The molecule has 18 heavy (non-hydrogen) atoms. The Bertz CT molecular complexity index is 448. The molecule has 5 nitrogen and oxygen atoms in total. The zero-order valence-electron chi connectivity index (χ0n) is 10.8. The van der Waals surface area contributed by atoms with Crippen molar-refractivity contribution >= 4 is 11.9 Å². The first-order chi connectivity index (χ1) is 8.54. The Hall–Kier alpha value is -1.65. The van der Waals surface area contributed by atoms with Crippen molar-refractivity contribution < 1.29 is 9.90 Å². The Morgan fingerprint density at radius 2 is 2.22 bits per heavy atom. The summed E-state index contributed by atoms with van der Waals surface area (Å²) >= 11 is 0. The third-order valence-electron chi connectivity index (χ3n) is 3.34. The lowest BCUT2D eigenvalue weighted by Crippen LogP contribution is -2.27. The minimum atomic E-state index is -1.01. The maximum Gasteiger partial charge on any atom is 0.354 e. The number of rotatable bonds is 3. The van der Waals surface area contributed by atoms with Crippen LogP contribution in [0, 0.1) is 12.8 Å². The highest BCUT2D eigenvalue weighted by atomic mass is 16.4. The molecule has 0 aromatic carbocycles. The molecule has 1 fully saturated rings. The van der Waals surface area contributed by atoms with Crippen LogP contribution < -0.4 is 5.32 Å². The first kappa shape index (κ1) is 12.8. The summed E-state index contributed by atoms with van der Waals surface area (Å²) in [5.41, 5.74) is 0.725. The molecule has 1 aliphatic rings. The van der Waals surface area contributed by atoms with Crippen molar-refractivity contribution in [2.45, 2.75) is 45.6 Å². The molecule has 0 bridgehead atoms. The van der Waals surface area contributed by atoms with Crippen molar-refractivity contribution in [3.63, 3.8) is 0 Å². The van der Waals surface area contributed by atoms with Crippen LogP contribution in [0.3, 0.4) is 0 Å². The molecule has 1 heterocycles. The average Bonchev–Trinajstić information content (AvgIpc) is 2.28. The molecule has 1 aromatic rings. The van der Waals surface area contributed by atoms with Gasteiger partial charge in [-0.25, -0.2) is 14.8 Å². The third-order valence-corrected chi connectivity index (χ3v) is 3.34. The van der Waals surface area contributed by atoms with Crippen LogP contribution in [0.5, 0.6) is 0 Å². The second-order valence-electron chi connectivity index (χ2n) is 5.14. The molecule has 0 amide bonds. The van der Waals surface area contributed by atoms with E-state index in [4.69, 9.17) is 5.11 Å². The number of aromatic carboxylic acids is 1. The van der Waals surface area contributed by atoms with Crippen LogP contribution in [0.1, 0.15) is 48.8 Å². The minimum absolute atomic E-state index is 0.0499. The van der Waals surface area contributed by atoms with Gasteiger partial charge < -0.3 is 10.4 Å². The number of hydrogen-bond donors (Lipinski definition) is 2. The Balaban J connectivity index is 2.10. The van der Waals surface area contributed by atoms with Gasteiger partial charge in [0.1, 0.15) is 0 Å². The number of anilines is 1. The van der Waals surface area contributed by atoms with E-state index in [1.807, 2.05) is 0 Å². The summed E-state index contributed by atoms with van der Waals surface area (Å²) in [6.07, 6.45) is 4.67. The van der Waals surface area contributed by atoms with Crippen LogP contribution in [-0.4, -0.2) is 27.1 Å². The lowest BCUT2D eigenvalue weighted by molar-refractivity contribution is 0.0690. The van der Waals surface area contributed by atoms with E-state index in [0.717, 1.165) is 12.8 Å². The summed E-state index contributed by atoms with van der Waals surface area (Å²) in [4.78, 5) is 19.2. The van der Waals surface area contributed by atoms with Gasteiger partial charge in [-0.3, -0.25) is 0 Å². The molecule has 1 aliphatic carbocycles. The van der Waals surface area contributed by atoms with Gasteiger partial charge in [0.15, 0.2) is 5.69 Å². The number of aromatic nitrogens is 2. The van der Waals surface area contributed by atoms with E-state index in [0.29, 0.717) is 23.6 Å². The zero-order valence-corrected chi connectivity index (χ0v) is 10.8. The van der Waals surface area contributed by atoms with Gasteiger partial charge in [-0.05, 0) is 31.7 Å². The normalized spacial score (nSPS) is 23.7. The number of carbonyl (C=O) groups is 1. The van der Waals surface area contributed by atoms with Crippen LogP contribution in [0.25, 0.3) is 0 Å². The SMILES string of the molecule is Cc1cc(C(=O)O)nc(NC2CCCC(C)C2)n1. The fraction of sp³-hybridized carbons (Fsp3) is 0.615. The van der Waals surface area contributed by atoms with E-state index in [1.165, 1.54) is 18.9 Å². The van der Waals surface area contributed by atoms with Gasteiger partial charge in [-0.15, -0.1) is 0 Å². The van der Waals surface area contributed by atoms with Crippen LogP contribution in [-0.2, 0) is 0 Å². The Morgan fingerprint density at radius 3 is 2.89 bits per heavy atom. The highest BCUT2D eigenvalue weighted by Gasteiger charge is 2.20. The predicted molar refractivity (Wildman–Crippen MR) is 68.8 cm³/mol. The van der Waals surface area contributed by atoms with Crippen molar-refractivity contribution in [2.24, 2.45) is 5.92 Å². The second-order valence-corrected chi connectivity index (χ2v) is 5.14. The highest BCUT2D eigenvalue weighted by molar-refractivity contribution is 5.85. The zero-order chi connectivity index (χ0) is 13.1. The summed E-state index contributed by atoms with van der Waals surface area (Å²) in [5.74, 6) is 0.132. The molecule has 0 radical (unpaired) electrons. The topological polar surface area (TPSA) is 75.1 Å². The smallest absolute Gasteiger partial charge is 0.354 e. The minimum Gasteiger partial charge on any atom is -0.477 e. The molecule has 2 rings (SSSR count). The van der Waals surface area contributed by atoms with Gasteiger partial charge in [0.2, 0.25) is 5.95 Å². The molecule has 0 saturated heterocycles. The van der Waals surface area contributed by atoms with Gasteiger partial charge in [0, 0.05) is 11.7 Å². The molecule has 0 aliphatic heterocycles. The van der Waals surface area contributed by atoms with Gasteiger partial charge in [0.25, 0.3) is 0 Å². The number of carboxylic acid groups (broad SMARTS) is 1.